The van der Waals surface area contributed by atoms with E-state index < -0.39 is 6.04 Å². The van der Waals surface area contributed by atoms with Crippen LogP contribution in [0.4, 0.5) is 0 Å². The summed E-state index contributed by atoms with van der Waals surface area (Å²) in [7, 11) is 0. The minimum Gasteiger partial charge on any atom is -0.309 e. The molecule has 0 saturated heterocycles. The fraction of sp³-hybridized carbons (Fsp3) is 0. The van der Waals surface area contributed by atoms with E-state index in [4.69, 9.17) is 21.8 Å². The molecule has 0 bridgehead atoms. The van der Waals surface area contributed by atoms with Gasteiger partial charge in [-0.25, -0.2) is 15.0 Å². The minimum absolute atomic E-state index is 0.125. The van der Waals surface area contributed by atoms with E-state index in [1.807, 2.05) is 78.9 Å². The summed E-state index contributed by atoms with van der Waals surface area (Å²) in [4.78, 5) is 15.5. The lowest BCUT2D eigenvalue weighted by atomic mass is 9.99. The third kappa shape index (κ3) is 5.40. The van der Waals surface area contributed by atoms with Gasteiger partial charge in [0.05, 0.1) is 17.9 Å². The first kappa shape index (κ1) is 27.4. The van der Waals surface area contributed by atoms with Gasteiger partial charge in [-0.1, -0.05) is 152 Å². The molecule has 0 radical (unpaired) electrons. The van der Waals surface area contributed by atoms with E-state index in [0.29, 0.717) is 17.5 Å². The highest BCUT2D eigenvalue weighted by Gasteiger charge is 2.19. The standard InChI is InChI=1S/C51H32N4S/c1-3-14-34(15-4-1)38-18-7-8-21-42(38)50-52-49(53-51(54-50)43-23-13-22-41-40-20-10-12-25-47(40)56-48(41)43)35-28-26-33(27-29-35)36-30-31-46-44(32-36)39-19-9-11-24-45(39)55(46)37-16-5-2-6-17-37/h1-32H/i2D,5D,6D,16D,17D. The van der Waals surface area contributed by atoms with E-state index in [9.17, 15) is 0 Å². The quantitative estimate of drug-likeness (QED) is 0.171. The molecule has 0 aliphatic rings. The van der Waals surface area contributed by atoms with Gasteiger partial charge in [0.2, 0.25) is 0 Å². The SMILES string of the molecule is [2H]c1c([2H])c([2H])c(-n2c3ccccc3c3cc(-c4ccc(-c5nc(-c6ccccc6-c6ccccc6)nc(-c6cccc7c6sc6ccccc67)n5)cc4)ccc32)c([2H])c1[2H]. The van der Waals surface area contributed by atoms with Crippen LogP contribution >= 0.6 is 11.3 Å². The number of thiophene rings is 1. The number of rotatable bonds is 6. The number of fused-ring (bicyclic) bond motifs is 6. The maximum Gasteiger partial charge on any atom is 0.165 e. The predicted molar refractivity (Wildman–Crippen MR) is 234 cm³/mol. The van der Waals surface area contributed by atoms with Gasteiger partial charge in [0, 0.05) is 53.3 Å². The summed E-state index contributed by atoms with van der Waals surface area (Å²) in [6.45, 7) is 0. The maximum absolute atomic E-state index is 8.76. The molecule has 4 nitrogen and oxygen atoms in total. The third-order valence-electron chi connectivity index (χ3n) is 10.4. The lowest BCUT2D eigenvalue weighted by Crippen LogP contribution is -2.01. The van der Waals surface area contributed by atoms with Crippen molar-refractivity contribution in [1.82, 2.24) is 19.5 Å². The molecule has 0 aliphatic heterocycles. The second-order valence-corrected chi connectivity index (χ2v) is 14.7. The van der Waals surface area contributed by atoms with Crippen molar-refractivity contribution in [2.75, 3.05) is 0 Å². The molecule has 0 saturated carbocycles. The number of nitrogens with zero attached hydrogens (tertiary/aromatic N) is 4. The molecule has 5 heteroatoms. The van der Waals surface area contributed by atoms with Gasteiger partial charge < -0.3 is 4.57 Å². The van der Waals surface area contributed by atoms with Gasteiger partial charge in [-0.3, -0.25) is 0 Å². The Hall–Kier alpha value is -7.21. The number of aromatic nitrogens is 4. The molecule has 8 aromatic carbocycles. The van der Waals surface area contributed by atoms with Gasteiger partial charge in [-0.05, 0) is 64.7 Å². The third-order valence-corrected chi connectivity index (χ3v) is 11.6. The zero-order chi connectivity index (χ0) is 41.4. The average Bonchev–Trinajstić information content (AvgIpc) is 3.86. The Kier molecular flexibility index (Phi) is 6.49. The Bertz CT molecular complexity index is 3520. The average molecular weight is 738 g/mol. The van der Waals surface area contributed by atoms with E-state index in [1.165, 1.54) is 15.5 Å². The van der Waals surface area contributed by atoms with E-state index >= 15 is 0 Å². The number of para-hydroxylation sites is 2. The van der Waals surface area contributed by atoms with Crippen LogP contribution < -0.4 is 0 Å². The van der Waals surface area contributed by atoms with Gasteiger partial charge in [-0.2, -0.15) is 0 Å². The normalized spacial score (nSPS) is 12.8. The first-order valence-electron chi connectivity index (χ1n) is 20.9. The smallest absolute Gasteiger partial charge is 0.165 e. The Labute approximate surface area is 334 Å². The Balaban J connectivity index is 1.05. The van der Waals surface area contributed by atoms with Crippen LogP contribution in [0, 0.1) is 0 Å². The second kappa shape index (κ2) is 13.3. The monoisotopic (exact) mass is 737 g/mol. The molecule has 0 aliphatic carbocycles. The Morgan fingerprint density at radius 3 is 1.86 bits per heavy atom. The van der Waals surface area contributed by atoms with Crippen molar-refractivity contribution in [2.24, 2.45) is 0 Å². The summed E-state index contributed by atoms with van der Waals surface area (Å²) in [6.07, 6.45) is 0. The van der Waals surface area contributed by atoms with Crippen LogP contribution in [0.2, 0.25) is 0 Å². The second-order valence-electron chi connectivity index (χ2n) is 13.6. The zero-order valence-electron chi connectivity index (χ0n) is 34.8. The Morgan fingerprint density at radius 1 is 0.411 bits per heavy atom. The summed E-state index contributed by atoms with van der Waals surface area (Å²) < 4.78 is 46.5. The van der Waals surface area contributed by atoms with Crippen molar-refractivity contribution in [3.8, 4) is 62.1 Å². The van der Waals surface area contributed by atoms with Crippen LogP contribution in [0.1, 0.15) is 6.85 Å². The molecule has 0 atom stereocenters. The lowest BCUT2D eigenvalue weighted by Gasteiger charge is -2.12. The summed E-state index contributed by atoms with van der Waals surface area (Å²) in [5, 5.41) is 4.20. The highest BCUT2D eigenvalue weighted by Crippen LogP contribution is 2.41. The van der Waals surface area contributed by atoms with Crippen LogP contribution in [-0.4, -0.2) is 19.5 Å². The first-order valence-corrected chi connectivity index (χ1v) is 19.2. The van der Waals surface area contributed by atoms with Crippen molar-refractivity contribution in [2.45, 2.75) is 0 Å². The summed E-state index contributed by atoms with van der Waals surface area (Å²) >= 11 is 1.75. The van der Waals surface area contributed by atoms with Crippen LogP contribution in [0.25, 0.3) is 104 Å². The van der Waals surface area contributed by atoms with Crippen molar-refractivity contribution >= 4 is 53.3 Å². The molecular formula is C51H32N4S. The molecular weight excluding hydrogens is 701 g/mol. The van der Waals surface area contributed by atoms with E-state index in [2.05, 4.69) is 84.9 Å². The van der Waals surface area contributed by atoms with Crippen LogP contribution in [0.3, 0.4) is 0 Å². The molecule has 11 aromatic rings. The highest BCUT2D eigenvalue weighted by atomic mass is 32.1. The lowest BCUT2D eigenvalue weighted by molar-refractivity contribution is 1.08. The molecule has 0 fully saturated rings. The molecule has 0 spiro atoms. The molecule has 56 heavy (non-hydrogen) atoms. The first-order chi connectivity index (χ1) is 29.8. The number of hydrogen-bond donors (Lipinski definition) is 0. The molecule has 0 amide bonds. The maximum atomic E-state index is 8.76. The molecule has 262 valence electrons. The van der Waals surface area contributed by atoms with Crippen molar-refractivity contribution < 1.29 is 6.85 Å². The molecule has 3 heterocycles. The van der Waals surface area contributed by atoms with E-state index in [0.717, 1.165) is 65.4 Å². The molecule has 11 rings (SSSR count). The van der Waals surface area contributed by atoms with E-state index in [-0.39, 0.29) is 29.9 Å². The number of hydrogen-bond acceptors (Lipinski definition) is 4. The largest absolute Gasteiger partial charge is 0.309 e. The van der Waals surface area contributed by atoms with Crippen LogP contribution in [0.15, 0.2) is 194 Å². The molecule has 0 unspecified atom stereocenters. The highest BCUT2D eigenvalue weighted by molar-refractivity contribution is 7.26. The fourth-order valence-corrected chi connectivity index (χ4v) is 8.99. The number of benzene rings is 8. The fourth-order valence-electron chi connectivity index (χ4n) is 7.78. The summed E-state index contributed by atoms with van der Waals surface area (Å²) in [5.41, 5.74) is 8.38. The molecule has 0 N–H and O–H groups in total. The summed E-state index contributed by atoms with van der Waals surface area (Å²) in [6, 6.07) is 53.7. The van der Waals surface area contributed by atoms with Crippen molar-refractivity contribution in [3.05, 3.63) is 194 Å². The van der Waals surface area contributed by atoms with E-state index in [1.54, 1.807) is 15.9 Å². The topological polar surface area (TPSA) is 43.6 Å². The zero-order valence-corrected chi connectivity index (χ0v) is 30.6. The van der Waals surface area contributed by atoms with Crippen molar-refractivity contribution in [3.63, 3.8) is 0 Å². The Morgan fingerprint density at radius 2 is 1.02 bits per heavy atom. The van der Waals surface area contributed by atoms with Gasteiger partial charge in [-0.15, -0.1) is 11.3 Å². The van der Waals surface area contributed by atoms with Gasteiger partial charge in [0.15, 0.2) is 17.5 Å². The molecule has 3 aromatic heterocycles. The summed E-state index contributed by atoms with van der Waals surface area (Å²) in [5.74, 6) is 1.75. The minimum atomic E-state index is -0.416. The van der Waals surface area contributed by atoms with Crippen LogP contribution in [-0.2, 0) is 0 Å². The van der Waals surface area contributed by atoms with Gasteiger partial charge >= 0.3 is 0 Å². The van der Waals surface area contributed by atoms with Gasteiger partial charge in [0.1, 0.15) is 0 Å². The van der Waals surface area contributed by atoms with Crippen LogP contribution in [0.5, 0.6) is 0 Å². The van der Waals surface area contributed by atoms with Crippen molar-refractivity contribution in [1.29, 1.82) is 0 Å². The van der Waals surface area contributed by atoms with Gasteiger partial charge in [0.25, 0.3) is 0 Å². The predicted octanol–water partition coefficient (Wildman–Crippen LogP) is 13.7.